The van der Waals surface area contributed by atoms with Crippen molar-refractivity contribution in [2.75, 3.05) is 18.0 Å². The predicted octanol–water partition coefficient (Wildman–Crippen LogP) is 2.01. The molecular weight excluding hydrogens is 306 g/mol. The lowest BCUT2D eigenvalue weighted by atomic mass is 9.86. The van der Waals surface area contributed by atoms with Crippen LogP contribution in [0.2, 0.25) is 0 Å². The molecule has 7 nitrogen and oxygen atoms in total. The molecule has 1 saturated carbocycles. The molecule has 0 aromatic heterocycles. The van der Waals surface area contributed by atoms with Crippen molar-refractivity contribution in [2.24, 2.45) is 10.6 Å². The number of nitrogens with two attached hydrogens (primary N) is 1. The van der Waals surface area contributed by atoms with Crippen LogP contribution >= 0.6 is 0 Å². The van der Waals surface area contributed by atoms with E-state index in [-0.39, 0.29) is 5.41 Å². The molecule has 2 N–H and O–H groups in total. The molecule has 1 spiro atoms. The Morgan fingerprint density at radius 2 is 1.91 bits per heavy atom. The first-order valence-corrected chi connectivity index (χ1v) is 8.92. The molecule has 120 valence electrons. The first kappa shape index (κ1) is 15.2. The van der Waals surface area contributed by atoms with Gasteiger partial charge < -0.3 is 4.90 Å². The fourth-order valence-corrected chi connectivity index (χ4v) is 4.57. The number of benzene rings is 1. The third kappa shape index (κ3) is 2.56. The first-order chi connectivity index (χ1) is 10.3. The number of nitrogens with zero attached hydrogens (tertiary/aromatic N) is 2. The number of sulfonamides is 1. The van der Waals surface area contributed by atoms with E-state index in [0.717, 1.165) is 32.4 Å². The van der Waals surface area contributed by atoms with Crippen LogP contribution in [0.5, 0.6) is 0 Å². The average molecular weight is 325 g/mol. The molecule has 0 bridgehead atoms. The smallest absolute Gasteiger partial charge is 0.312 e. The van der Waals surface area contributed by atoms with Crippen LogP contribution in [-0.2, 0) is 10.0 Å². The maximum absolute atomic E-state index is 11.6. The van der Waals surface area contributed by atoms with E-state index in [4.69, 9.17) is 5.14 Å². The van der Waals surface area contributed by atoms with Crippen molar-refractivity contribution < 1.29 is 13.3 Å². The third-order valence-electron chi connectivity index (χ3n) is 4.91. The van der Waals surface area contributed by atoms with Gasteiger partial charge in [-0.3, -0.25) is 10.1 Å². The Morgan fingerprint density at radius 1 is 1.23 bits per heavy atom. The maximum Gasteiger partial charge on any atom is 0.312 e. The Balaban J connectivity index is 2.03. The molecule has 1 aromatic rings. The number of para-hydroxylation sites is 1. The molecular formula is C14H19N3O4S. The van der Waals surface area contributed by atoms with E-state index in [1.165, 1.54) is 25.0 Å². The molecule has 0 radical (unpaired) electrons. The number of nitro benzene ring substituents is 1. The third-order valence-corrected chi connectivity index (χ3v) is 5.85. The molecule has 0 unspecified atom stereocenters. The van der Waals surface area contributed by atoms with E-state index in [2.05, 4.69) is 0 Å². The lowest BCUT2D eigenvalue weighted by Crippen LogP contribution is -2.26. The number of rotatable bonds is 3. The Morgan fingerprint density at radius 3 is 2.50 bits per heavy atom. The van der Waals surface area contributed by atoms with Crippen LogP contribution in [0, 0.1) is 15.5 Å². The summed E-state index contributed by atoms with van der Waals surface area (Å²) in [6.45, 7) is 1.47. The van der Waals surface area contributed by atoms with Gasteiger partial charge in [0.25, 0.3) is 0 Å². The van der Waals surface area contributed by atoms with Crippen LogP contribution in [0.1, 0.15) is 32.1 Å². The molecule has 1 aromatic carbocycles. The lowest BCUT2D eigenvalue weighted by molar-refractivity contribution is -0.387. The number of nitro groups is 1. The fourth-order valence-electron chi connectivity index (χ4n) is 3.85. The molecule has 1 saturated heterocycles. The van der Waals surface area contributed by atoms with Gasteiger partial charge in [-0.25, -0.2) is 13.6 Å². The highest BCUT2D eigenvalue weighted by Crippen LogP contribution is 2.48. The van der Waals surface area contributed by atoms with Crippen molar-refractivity contribution in [3.05, 3.63) is 28.3 Å². The van der Waals surface area contributed by atoms with Gasteiger partial charge in [0.15, 0.2) is 4.90 Å². The molecule has 1 aliphatic carbocycles. The summed E-state index contributed by atoms with van der Waals surface area (Å²) >= 11 is 0. The van der Waals surface area contributed by atoms with Gasteiger partial charge >= 0.3 is 5.69 Å². The molecule has 1 aliphatic heterocycles. The Hall–Kier alpha value is -1.67. The van der Waals surface area contributed by atoms with Gasteiger partial charge in [0.1, 0.15) is 5.69 Å². The van der Waals surface area contributed by atoms with Crippen LogP contribution in [0.3, 0.4) is 0 Å². The summed E-state index contributed by atoms with van der Waals surface area (Å²) in [6, 6.07) is 4.32. The van der Waals surface area contributed by atoms with Crippen molar-refractivity contribution >= 4 is 21.4 Å². The van der Waals surface area contributed by atoms with Crippen molar-refractivity contribution in [2.45, 2.75) is 37.0 Å². The normalized spacial score (nSPS) is 20.7. The van der Waals surface area contributed by atoms with E-state index in [0.29, 0.717) is 5.69 Å². The average Bonchev–Trinajstić information content (AvgIpc) is 3.08. The molecule has 2 fully saturated rings. The quantitative estimate of drug-likeness (QED) is 0.676. The summed E-state index contributed by atoms with van der Waals surface area (Å²) in [4.78, 5) is 12.3. The highest BCUT2D eigenvalue weighted by Gasteiger charge is 2.42. The Bertz CT molecular complexity index is 711. The van der Waals surface area contributed by atoms with Crippen LogP contribution in [0.25, 0.3) is 0 Å². The summed E-state index contributed by atoms with van der Waals surface area (Å²) in [6.07, 6.45) is 5.70. The van der Waals surface area contributed by atoms with Crippen molar-refractivity contribution in [3.63, 3.8) is 0 Å². The van der Waals surface area contributed by atoms with Gasteiger partial charge in [-0.1, -0.05) is 18.9 Å². The number of primary sulfonamides is 1. The van der Waals surface area contributed by atoms with E-state index in [9.17, 15) is 18.5 Å². The van der Waals surface area contributed by atoms with Crippen molar-refractivity contribution in [1.82, 2.24) is 0 Å². The zero-order valence-electron chi connectivity index (χ0n) is 12.2. The molecule has 2 aliphatic rings. The topological polar surface area (TPSA) is 107 Å². The van der Waals surface area contributed by atoms with E-state index >= 15 is 0 Å². The molecule has 0 amide bonds. The monoisotopic (exact) mass is 325 g/mol. The highest BCUT2D eigenvalue weighted by molar-refractivity contribution is 7.89. The summed E-state index contributed by atoms with van der Waals surface area (Å²) in [7, 11) is -4.13. The van der Waals surface area contributed by atoms with E-state index in [1.54, 1.807) is 6.07 Å². The number of hydrogen-bond acceptors (Lipinski definition) is 5. The van der Waals surface area contributed by atoms with Crippen LogP contribution in [0.4, 0.5) is 11.4 Å². The second kappa shape index (κ2) is 5.20. The summed E-state index contributed by atoms with van der Waals surface area (Å²) in [5.74, 6) is 0. The molecule has 8 heteroatoms. The van der Waals surface area contributed by atoms with Crippen molar-refractivity contribution in [1.29, 1.82) is 0 Å². The zero-order valence-corrected chi connectivity index (χ0v) is 13.0. The zero-order chi connectivity index (χ0) is 16.0. The maximum atomic E-state index is 11.6. The molecule has 0 atom stereocenters. The van der Waals surface area contributed by atoms with Gasteiger partial charge in [-0.05, 0) is 36.8 Å². The fraction of sp³-hybridized carbons (Fsp3) is 0.571. The number of anilines is 1. The SMILES string of the molecule is NS(=O)(=O)c1cccc(N2CCC3(CCCC3)C2)c1[N+](=O)[O-]. The van der Waals surface area contributed by atoms with E-state index in [1.807, 2.05) is 4.90 Å². The van der Waals surface area contributed by atoms with Gasteiger partial charge in [-0.2, -0.15) is 0 Å². The number of hydrogen-bond donors (Lipinski definition) is 1. The minimum absolute atomic E-state index is 0.242. The Labute approximate surface area is 129 Å². The largest absolute Gasteiger partial charge is 0.365 e. The van der Waals surface area contributed by atoms with E-state index < -0.39 is 25.5 Å². The first-order valence-electron chi connectivity index (χ1n) is 7.38. The summed E-state index contributed by atoms with van der Waals surface area (Å²) in [5, 5.41) is 16.5. The lowest BCUT2D eigenvalue weighted by Gasteiger charge is -2.24. The molecule has 3 rings (SSSR count). The standard InChI is InChI=1S/C14H19N3O4S/c15-22(20,21)12-5-3-4-11(13(12)17(18)19)16-9-8-14(10-16)6-1-2-7-14/h3-5H,1-2,6-10H2,(H2,15,20,21). The minimum Gasteiger partial charge on any atom is -0.365 e. The summed E-state index contributed by atoms with van der Waals surface area (Å²) in [5.41, 5.74) is 0.200. The second-order valence-corrected chi connectivity index (χ2v) is 7.83. The van der Waals surface area contributed by atoms with Crippen LogP contribution in [0.15, 0.2) is 23.1 Å². The van der Waals surface area contributed by atoms with Crippen LogP contribution in [-0.4, -0.2) is 26.4 Å². The predicted molar refractivity (Wildman–Crippen MR) is 82.2 cm³/mol. The van der Waals surface area contributed by atoms with Gasteiger partial charge in [-0.15, -0.1) is 0 Å². The minimum atomic E-state index is -4.13. The van der Waals surface area contributed by atoms with Gasteiger partial charge in [0.05, 0.1) is 4.92 Å². The van der Waals surface area contributed by atoms with Crippen molar-refractivity contribution in [3.8, 4) is 0 Å². The van der Waals surface area contributed by atoms with Gasteiger partial charge in [0.2, 0.25) is 10.0 Å². The molecule has 1 heterocycles. The van der Waals surface area contributed by atoms with Gasteiger partial charge in [0, 0.05) is 13.1 Å². The second-order valence-electron chi connectivity index (χ2n) is 6.30. The highest BCUT2D eigenvalue weighted by atomic mass is 32.2. The summed E-state index contributed by atoms with van der Waals surface area (Å²) < 4.78 is 23.3. The van der Waals surface area contributed by atoms with Crippen LogP contribution < -0.4 is 10.0 Å². The Kier molecular flexibility index (Phi) is 3.60. The molecule has 22 heavy (non-hydrogen) atoms.